The van der Waals surface area contributed by atoms with E-state index in [1.807, 2.05) is 18.2 Å². The monoisotopic (exact) mass is 652 g/mol. The number of nitro groups is 2. The topological polar surface area (TPSA) is 92.8 Å². The molecule has 232 valence electrons. The van der Waals surface area contributed by atoms with Crippen LogP contribution in [0.4, 0.5) is 31.5 Å². The molecule has 2 heterocycles. The molecule has 2 aliphatic rings. The van der Waals surface area contributed by atoms with Crippen molar-refractivity contribution in [1.29, 1.82) is 0 Å². The third kappa shape index (κ3) is 6.04. The van der Waals surface area contributed by atoms with E-state index in [1.165, 1.54) is 42.0 Å². The summed E-state index contributed by atoms with van der Waals surface area (Å²) < 4.78 is 31.9. The molecule has 2 fully saturated rings. The Bertz CT molecular complexity index is 1670. The summed E-state index contributed by atoms with van der Waals surface area (Å²) in [4.78, 5) is 25.7. The first kappa shape index (κ1) is 30.7. The summed E-state index contributed by atoms with van der Waals surface area (Å²) in [6.45, 7) is 0.981. The van der Waals surface area contributed by atoms with Crippen LogP contribution in [0.15, 0.2) is 78.9 Å². The Morgan fingerprint density at radius 3 is 1.62 bits per heavy atom. The molecule has 2 saturated heterocycles. The number of rotatable bonds is 7. The molecule has 0 aliphatic carbocycles. The van der Waals surface area contributed by atoms with E-state index in [-0.39, 0.29) is 32.8 Å². The molecule has 0 saturated carbocycles. The molecule has 0 amide bonds. The van der Waals surface area contributed by atoms with Crippen molar-refractivity contribution in [2.24, 2.45) is 0 Å². The molecule has 4 aromatic carbocycles. The summed E-state index contributed by atoms with van der Waals surface area (Å²) in [5.74, 6) is -1.14. The van der Waals surface area contributed by atoms with Gasteiger partial charge in [0.1, 0.15) is 15.7 Å². The van der Waals surface area contributed by atoms with Gasteiger partial charge in [-0.15, -0.1) is 0 Å². The molecule has 0 bridgehead atoms. The average molecular weight is 654 g/mol. The minimum absolute atomic E-state index is 0.0318. The molecule has 6 rings (SSSR count). The van der Waals surface area contributed by atoms with E-state index in [4.69, 9.17) is 23.2 Å². The van der Waals surface area contributed by atoms with E-state index in [9.17, 15) is 20.2 Å². The molecule has 0 unspecified atom stereocenters. The van der Waals surface area contributed by atoms with Crippen LogP contribution < -0.4 is 9.80 Å². The number of nitro benzene ring substituents is 2. The number of anilines is 2. The van der Waals surface area contributed by atoms with Gasteiger partial charge in [-0.05, 0) is 72.6 Å². The molecule has 8 nitrogen and oxygen atoms in total. The number of benzene rings is 4. The van der Waals surface area contributed by atoms with Gasteiger partial charge in [0.2, 0.25) is 0 Å². The van der Waals surface area contributed by atoms with Crippen molar-refractivity contribution < 1.29 is 18.6 Å². The quantitative estimate of drug-likeness (QED) is 0.146. The number of nitrogens with zero attached hydrogens (tertiary/aromatic N) is 4. The molecule has 0 N–H and O–H groups in total. The highest BCUT2D eigenvalue weighted by Gasteiger charge is 2.38. The van der Waals surface area contributed by atoms with Gasteiger partial charge in [0.15, 0.2) is 11.6 Å². The molecular weight excluding hydrogens is 625 g/mol. The van der Waals surface area contributed by atoms with Gasteiger partial charge in [-0.3, -0.25) is 20.2 Å². The zero-order chi connectivity index (χ0) is 31.8. The van der Waals surface area contributed by atoms with Crippen LogP contribution in [0.5, 0.6) is 0 Å². The predicted octanol–water partition coefficient (Wildman–Crippen LogP) is 9.55. The highest BCUT2D eigenvalue weighted by atomic mass is 35.5. The maximum atomic E-state index is 16.0. The lowest BCUT2D eigenvalue weighted by Gasteiger charge is -2.36. The predicted molar refractivity (Wildman–Crippen MR) is 170 cm³/mol. The van der Waals surface area contributed by atoms with Gasteiger partial charge < -0.3 is 9.80 Å². The highest BCUT2D eigenvalue weighted by molar-refractivity contribution is 6.33. The van der Waals surface area contributed by atoms with Crippen LogP contribution in [-0.4, -0.2) is 22.9 Å². The fraction of sp³-hybridized carbons (Fsp3) is 0.273. The molecule has 0 aromatic heterocycles. The Hall–Kier alpha value is -4.28. The van der Waals surface area contributed by atoms with Crippen LogP contribution in [0, 0.1) is 31.9 Å². The van der Waals surface area contributed by atoms with Crippen LogP contribution in [0.1, 0.15) is 60.4 Å². The summed E-state index contributed by atoms with van der Waals surface area (Å²) in [5.41, 5.74) is 1.83. The average Bonchev–Trinajstić information content (AvgIpc) is 3.47. The van der Waals surface area contributed by atoms with E-state index in [0.717, 1.165) is 12.8 Å². The number of piperidine rings is 1. The van der Waals surface area contributed by atoms with E-state index < -0.39 is 33.6 Å². The van der Waals surface area contributed by atoms with Gasteiger partial charge in [-0.25, -0.2) is 8.78 Å². The minimum atomic E-state index is -0.725. The van der Waals surface area contributed by atoms with Crippen molar-refractivity contribution in [3.8, 4) is 0 Å². The minimum Gasteiger partial charge on any atom is -0.367 e. The SMILES string of the molecule is O=[N+]([O-])c1cc([C@H]2CC[C@H](c3ccc(Cl)c([N+](=O)[O-])c3)N2c2cc(F)c(N3CCC(c4ccccc4)CC3)c(F)c2)ccc1Cl. The Kier molecular flexibility index (Phi) is 8.61. The lowest BCUT2D eigenvalue weighted by atomic mass is 9.89. The molecule has 2 aliphatic heterocycles. The Morgan fingerprint density at radius 2 is 1.16 bits per heavy atom. The molecular formula is C33H28Cl2F2N4O4. The van der Waals surface area contributed by atoms with E-state index in [1.54, 1.807) is 21.9 Å². The zero-order valence-electron chi connectivity index (χ0n) is 23.9. The zero-order valence-corrected chi connectivity index (χ0v) is 25.4. The smallest absolute Gasteiger partial charge is 0.288 e. The van der Waals surface area contributed by atoms with Crippen LogP contribution in [-0.2, 0) is 0 Å². The maximum absolute atomic E-state index is 16.0. The van der Waals surface area contributed by atoms with Gasteiger partial charge in [0.05, 0.1) is 21.9 Å². The molecule has 0 spiro atoms. The first-order valence-corrected chi connectivity index (χ1v) is 15.3. The molecule has 2 atom stereocenters. The third-order valence-electron chi connectivity index (χ3n) is 8.87. The van der Waals surface area contributed by atoms with E-state index in [2.05, 4.69) is 12.1 Å². The molecule has 45 heavy (non-hydrogen) atoms. The standard InChI is InChI=1S/C33H28Cl2F2N4O4/c34-25-8-6-22(16-31(25)40(42)43)29-10-11-30(23-7-9-26(35)32(17-23)41(44)45)39(29)24-18-27(36)33(28(37)19-24)38-14-12-21(13-15-38)20-4-2-1-3-5-20/h1-9,16-19,21,29-30H,10-15H2/t29-,30-/m1/s1. The first-order valence-electron chi connectivity index (χ1n) is 14.6. The summed E-state index contributed by atoms with van der Waals surface area (Å²) in [5, 5.41) is 23.3. The van der Waals surface area contributed by atoms with Crippen molar-refractivity contribution in [2.45, 2.75) is 43.7 Å². The van der Waals surface area contributed by atoms with Gasteiger partial charge in [0.25, 0.3) is 11.4 Å². The lowest BCUT2D eigenvalue weighted by Crippen LogP contribution is -2.34. The van der Waals surface area contributed by atoms with Gasteiger partial charge in [-0.1, -0.05) is 65.7 Å². The fourth-order valence-electron chi connectivity index (χ4n) is 6.74. The molecule has 0 radical (unpaired) electrons. The summed E-state index contributed by atoms with van der Waals surface area (Å²) in [6.07, 6.45) is 2.42. The van der Waals surface area contributed by atoms with Crippen molar-refractivity contribution in [3.05, 3.63) is 137 Å². The molecule has 4 aromatic rings. The second-order valence-electron chi connectivity index (χ2n) is 11.4. The summed E-state index contributed by atoms with van der Waals surface area (Å²) >= 11 is 12.2. The fourth-order valence-corrected chi connectivity index (χ4v) is 7.12. The van der Waals surface area contributed by atoms with Crippen LogP contribution in [0.2, 0.25) is 10.0 Å². The van der Waals surface area contributed by atoms with Crippen molar-refractivity contribution in [1.82, 2.24) is 0 Å². The van der Waals surface area contributed by atoms with Crippen molar-refractivity contribution in [3.63, 3.8) is 0 Å². The second-order valence-corrected chi connectivity index (χ2v) is 12.2. The Balaban J connectivity index is 1.37. The number of halogens is 4. The maximum Gasteiger partial charge on any atom is 0.288 e. The van der Waals surface area contributed by atoms with Crippen LogP contribution >= 0.6 is 23.2 Å². The molecule has 12 heteroatoms. The highest BCUT2D eigenvalue weighted by Crippen LogP contribution is 2.49. The lowest BCUT2D eigenvalue weighted by molar-refractivity contribution is -0.384. The van der Waals surface area contributed by atoms with Gasteiger partial charge in [-0.2, -0.15) is 0 Å². The van der Waals surface area contributed by atoms with Crippen molar-refractivity contribution >= 4 is 46.0 Å². The van der Waals surface area contributed by atoms with Gasteiger partial charge >= 0.3 is 0 Å². The van der Waals surface area contributed by atoms with Gasteiger partial charge in [0, 0.05) is 30.9 Å². The normalized spacial score (nSPS) is 18.8. The van der Waals surface area contributed by atoms with E-state index >= 15 is 8.78 Å². The second kappa shape index (κ2) is 12.6. The first-order chi connectivity index (χ1) is 21.6. The summed E-state index contributed by atoms with van der Waals surface area (Å²) in [6, 6.07) is 20.5. The summed E-state index contributed by atoms with van der Waals surface area (Å²) in [7, 11) is 0. The van der Waals surface area contributed by atoms with Crippen LogP contribution in [0.3, 0.4) is 0 Å². The largest absolute Gasteiger partial charge is 0.367 e. The number of hydrogen-bond acceptors (Lipinski definition) is 6. The number of hydrogen-bond donors (Lipinski definition) is 0. The van der Waals surface area contributed by atoms with E-state index in [0.29, 0.717) is 43.0 Å². The Morgan fingerprint density at radius 1 is 0.667 bits per heavy atom. The van der Waals surface area contributed by atoms with Crippen molar-refractivity contribution in [2.75, 3.05) is 22.9 Å². The third-order valence-corrected chi connectivity index (χ3v) is 9.51. The Labute approximate surface area is 268 Å². The van der Waals surface area contributed by atoms with Crippen LogP contribution in [0.25, 0.3) is 0 Å².